The number of rotatable bonds is 11. The van der Waals surface area contributed by atoms with Crippen LogP contribution in [-0.4, -0.2) is 49.0 Å². The molecule has 3 N–H and O–H groups in total. The molecule has 3 unspecified atom stereocenters. The summed E-state index contributed by atoms with van der Waals surface area (Å²) < 4.78 is 5.30. The van der Waals surface area contributed by atoms with Gasteiger partial charge in [0.15, 0.2) is 0 Å². The van der Waals surface area contributed by atoms with Crippen molar-refractivity contribution in [3.05, 3.63) is 0 Å². The molecule has 1 heterocycles. The van der Waals surface area contributed by atoms with E-state index in [0.29, 0.717) is 19.6 Å². The summed E-state index contributed by atoms with van der Waals surface area (Å²) in [5.41, 5.74) is 0. The summed E-state index contributed by atoms with van der Waals surface area (Å²) in [7, 11) is 0. The van der Waals surface area contributed by atoms with Gasteiger partial charge in [-0.25, -0.2) is 4.79 Å². The quantitative estimate of drug-likeness (QED) is 0.321. The summed E-state index contributed by atoms with van der Waals surface area (Å²) >= 11 is 4.57. The average molecular weight is 392 g/mol. The summed E-state index contributed by atoms with van der Waals surface area (Å²) in [6, 6.07) is 0.0306. The number of amides is 3. The van der Waals surface area contributed by atoms with E-state index >= 15 is 0 Å². The Morgan fingerprint density at radius 2 is 1.85 bits per heavy atom. The molecule has 1 saturated heterocycles. The predicted molar refractivity (Wildman–Crippen MR) is 113 cm³/mol. The minimum atomic E-state index is -0.124. The molecule has 0 aliphatic carbocycles. The predicted octanol–water partition coefficient (Wildman–Crippen LogP) is 3.51. The Balaban J connectivity index is 0. The van der Waals surface area contributed by atoms with Gasteiger partial charge < -0.3 is 20.7 Å². The Morgan fingerprint density at radius 1 is 1.19 bits per heavy atom. The number of unbranched alkanes of at least 4 members (excludes halogenated alkanes) is 1. The van der Waals surface area contributed by atoms with Crippen LogP contribution in [0, 0.1) is 0 Å². The van der Waals surface area contributed by atoms with E-state index in [2.05, 4.69) is 35.5 Å². The molecule has 0 bridgehead atoms. The minimum absolute atomic E-state index is 0.0559. The van der Waals surface area contributed by atoms with Gasteiger partial charge >= 0.3 is 6.03 Å². The third-order valence-corrected chi connectivity index (χ3v) is 4.26. The molecular formula is C19H41N3O3S. The van der Waals surface area contributed by atoms with Gasteiger partial charge in [0.2, 0.25) is 5.91 Å². The molecule has 156 valence electrons. The van der Waals surface area contributed by atoms with Crippen LogP contribution >= 0.6 is 12.6 Å². The maximum Gasteiger partial charge on any atom is 0.315 e. The molecule has 0 aromatic rings. The molecule has 0 aromatic carbocycles. The van der Waals surface area contributed by atoms with Gasteiger partial charge in [-0.15, -0.1) is 0 Å². The van der Waals surface area contributed by atoms with Crippen LogP contribution in [-0.2, 0) is 9.53 Å². The molecule has 0 saturated carbocycles. The number of carbonyl (C=O) groups is 2. The van der Waals surface area contributed by atoms with Crippen molar-refractivity contribution >= 4 is 24.6 Å². The third kappa shape index (κ3) is 13.3. The molecule has 1 rings (SSSR count). The molecule has 0 radical (unpaired) electrons. The number of hydrogen-bond acceptors (Lipinski definition) is 4. The van der Waals surface area contributed by atoms with Crippen LogP contribution in [0.25, 0.3) is 0 Å². The molecule has 1 aliphatic heterocycles. The Morgan fingerprint density at radius 3 is 2.38 bits per heavy atom. The van der Waals surface area contributed by atoms with E-state index in [1.54, 1.807) is 0 Å². The largest absolute Gasteiger partial charge is 0.380 e. The van der Waals surface area contributed by atoms with Crippen LogP contribution in [0.5, 0.6) is 0 Å². The number of hydrogen-bond donors (Lipinski definition) is 4. The van der Waals surface area contributed by atoms with Crippen LogP contribution in [0.15, 0.2) is 0 Å². The second-order valence-corrected chi connectivity index (χ2v) is 6.37. The van der Waals surface area contributed by atoms with Crippen molar-refractivity contribution in [2.24, 2.45) is 0 Å². The van der Waals surface area contributed by atoms with E-state index in [1.807, 2.05) is 34.6 Å². The van der Waals surface area contributed by atoms with Gasteiger partial charge in [-0.2, -0.15) is 12.6 Å². The van der Waals surface area contributed by atoms with Gasteiger partial charge in [0, 0.05) is 30.9 Å². The van der Waals surface area contributed by atoms with Crippen LogP contribution in [0.1, 0.15) is 73.6 Å². The lowest BCUT2D eigenvalue weighted by molar-refractivity contribution is -0.121. The van der Waals surface area contributed by atoms with E-state index in [4.69, 9.17) is 4.74 Å². The van der Waals surface area contributed by atoms with Crippen molar-refractivity contribution in [2.45, 2.75) is 91.0 Å². The Bertz CT molecular complexity index is 357. The van der Waals surface area contributed by atoms with Crippen LogP contribution in [0.3, 0.4) is 0 Å². The Hall–Kier alpha value is -0.950. The monoisotopic (exact) mass is 391 g/mol. The van der Waals surface area contributed by atoms with Crippen LogP contribution in [0.2, 0.25) is 0 Å². The standard InChI is InChI=1S/C15H29N3O3S.2C2H6/c1-3-9-21-10-8-16-13(19)7-5-4-6-12(22)14-11(2)17-15(20)18-14;2*1-2/h11-12,14,22H,3-10H2,1-2H3,(H,16,19)(H2,17,18,20);2*1-2H3. The molecule has 0 aromatic heterocycles. The molecule has 1 aliphatic rings. The maximum atomic E-state index is 11.6. The normalized spacial score (nSPS) is 19.1. The molecule has 26 heavy (non-hydrogen) atoms. The average Bonchev–Trinajstić information content (AvgIpc) is 3.00. The van der Waals surface area contributed by atoms with E-state index in [1.165, 1.54) is 0 Å². The first-order chi connectivity index (χ1) is 12.5. The fraction of sp³-hybridized carbons (Fsp3) is 0.895. The second-order valence-electron chi connectivity index (χ2n) is 5.71. The lowest BCUT2D eigenvalue weighted by Gasteiger charge is -2.21. The Kier molecular flexibility index (Phi) is 19.7. The highest BCUT2D eigenvalue weighted by Crippen LogP contribution is 2.17. The van der Waals surface area contributed by atoms with E-state index in [9.17, 15) is 9.59 Å². The van der Waals surface area contributed by atoms with Crippen molar-refractivity contribution in [1.82, 2.24) is 16.0 Å². The third-order valence-electron chi connectivity index (χ3n) is 3.68. The fourth-order valence-corrected chi connectivity index (χ4v) is 2.98. The number of nitrogens with one attached hydrogen (secondary N) is 3. The summed E-state index contributed by atoms with van der Waals surface area (Å²) in [5.74, 6) is 0.0695. The number of ether oxygens (including phenoxy) is 1. The molecule has 3 amide bonds. The highest BCUT2D eigenvalue weighted by Gasteiger charge is 2.32. The van der Waals surface area contributed by atoms with Crippen molar-refractivity contribution in [1.29, 1.82) is 0 Å². The topological polar surface area (TPSA) is 79.5 Å². The lowest BCUT2D eigenvalue weighted by atomic mass is 10.0. The second kappa shape index (κ2) is 18.8. The lowest BCUT2D eigenvalue weighted by Crippen LogP contribution is -2.39. The first-order valence-corrected chi connectivity index (χ1v) is 10.7. The van der Waals surface area contributed by atoms with Gasteiger partial charge in [-0.3, -0.25) is 4.79 Å². The van der Waals surface area contributed by atoms with Gasteiger partial charge in [-0.1, -0.05) is 41.0 Å². The van der Waals surface area contributed by atoms with E-state index in [0.717, 1.165) is 32.3 Å². The SMILES string of the molecule is CC.CC.CCCOCCNC(=O)CCCCC(S)C1NC(=O)NC1C. The smallest absolute Gasteiger partial charge is 0.315 e. The summed E-state index contributed by atoms with van der Waals surface area (Å²) in [5, 5.41) is 8.66. The van der Waals surface area contributed by atoms with Crippen LogP contribution < -0.4 is 16.0 Å². The maximum absolute atomic E-state index is 11.6. The summed E-state index contributed by atoms with van der Waals surface area (Å²) in [6.45, 7) is 13.9. The van der Waals surface area contributed by atoms with Crippen LogP contribution in [0.4, 0.5) is 4.79 Å². The van der Waals surface area contributed by atoms with Gasteiger partial charge in [0.1, 0.15) is 0 Å². The summed E-state index contributed by atoms with van der Waals surface area (Å²) in [4.78, 5) is 22.9. The van der Waals surface area contributed by atoms with Crippen molar-refractivity contribution < 1.29 is 14.3 Å². The van der Waals surface area contributed by atoms with E-state index < -0.39 is 0 Å². The fourth-order valence-electron chi connectivity index (χ4n) is 2.46. The van der Waals surface area contributed by atoms with Gasteiger partial charge in [-0.05, 0) is 26.2 Å². The number of urea groups is 1. The van der Waals surface area contributed by atoms with Gasteiger partial charge in [0.05, 0.1) is 12.6 Å². The minimum Gasteiger partial charge on any atom is -0.380 e. The number of thiol groups is 1. The molecule has 7 heteroatoms. The summed E-state index contributed by atoms with van der Waals surface area (Å²) in [6.07, 6.45) is 4.16. The highest BCUT2D eigenvalue weighted by molar-refractivity contribution is 7.81. The molecule has 3 atom stereocenters. The van der Waals surface area contributed by atoms with Crippen molar-refractivity contribution in [2.75, 3.05) is 19.8 Å². The zero-order valence-corrected chi connectivity index (χ0v) is 18.5. The van der Waals surface area contributed by atoms with E-state index in [-0.39, 0.29) is 29.3 Å². The first-order valence-electron chi connectivity index (χ1n) is 10.1. The zero-order chi connectivity index (χ0) is 20.4. The van der Waals surface area contributed by atoms with Gasteiger partial charge in [0.25, 0.3) is 0 Å². The van der Waals surface area contributed by atoms with Crippen molar-refractivity contribution in [3.63, 3.8) is 0 Å². The van der Waals surface area contributed by atoms with Crippen molar-refractivity contribution in [3.8, 4) is 0 Å². The number of carbonyl (C=O) groups excluding carboxylic acids is 2. The molecular weight excluding hydrogens is 350 g/mol. The molecule has 1 fully saturated rings. The highest BCUT2D eigenvalue weighted by atomic mass is 32.1. The molecule has 6 nitrogen and oxygen atoms in total. The first kappa shape index (κ1) is 27.3. The Labute approximate surface area is 166 Å². The zero-order valence-electron chi connectivity index (χ0n) is 17.6. The molecule has 0 spiro atoms.